The molecule has 0 heterocycles. The van der Waals surface area contributed by atoms with Crippen molar-refractivity contribution < 1.29 is 18.6 Å². The Balaban J connectivity index is 2.39. The summed E-state index contributed by atoms with van der Waals surface area (Å²) in [5, 5.41) is 10.7. The lowest BCUT2D eigenvalue weighted by Crippen LogP contribution is -2.44. The van der Waals surface area contributed by atoms with Gasteiger partial charge in [-0.3, -0.25) is 0 Å². The quantitative estimate of drug-likeness (QED) is 0.898. The SMILES string of the molecule is CCOC1(C(O)c2ccc(C)c(F)c2F)CCCC(C)C1. The zero-order chi connectivity index (χ0) is 15.6. The Kier molecular flexibility index (Phi) is 4.99. The van der Waals surface area contributed by atoms with Crippen LogP contribution in [0.25, 0.3) is 0 Å². The van der Waals surface area contributed by atoms with Gasteiger partial charge in [-0.1, -0.05) is 31.9 Å². The third-order valence-electron chi connectivity index (χ3n) is 4.52. The summed E-state index contributed by atoms with van der Waals surface area (Å²) in [6.07, 6.45) is 2.19. The van der Waals surface area contributed by atoms with Gasteiger partial charge in [-0.15, -0.1) is 0 Å². The van der Waals surface area contributed by atoms with Crippen molar-refractivity contribution in [3.05, 3.63) is 34.9 Å². The van der Waals surface area contributed by atoms with E-state index in [4.69, 9.17) is 4.74 Å². The Labute approximate surface area is 125 Å². The lowest BCUT2D eigenvalue weighted by molar-refractivity contribution is -0.150. The first-order valence-electron chi connectivity index (χ1n) is 7.68. The zero-order valence-electron chi connectivity index (χ0n) is 13.0. The molecule has 4 heteroatoms. The molecular formula is C17H24F2O2. The molecule has 1 aromatic carbocycles. The fourth-order valence-corrected chi connectivity index (χ4v) is 3.45. The highest BCUT2D eigenvalue weighted by Crippen LogP contribution is 2.44. The minimum Gasteiger partial charge on any atom is -0.385 e. The van der Waals surface area contributed by atoms with Crippen LogP contribution in [0.1, 0.15) is 56.8 Å². The molecule has 21 heavy (non-hydrogen) atoms. The first-order valence-corrected chi connectivity index (χ1v) is 7.68. The molecule has 0 bridgehead atoms. The monoisotopic (exact) mass is 298 g/mol. The van der Waals surface area contributed by atoms with Crippen LogP contribution in [0.2, 0.25) is 0 Å². The third kappa shape index (κ3) is 3.11. The maximum absolute atomic E-state index is 14.2. The van der Waals surface area contributed by atoms with Crippen molar-refractivity contribution >= 4 is 0 Å². The van der Waals surface area contributed by atoms with Crippen LogP contribution in [-0.4, -0.2) is 17.3 Å². The molecule has 1 aromatic rings. The van der Waals surface area contributed by atoms with Gasteiger partial charge in [0.2, 0.25) is 0 Å². The first-order chi connectivity index (χ1) is 9.91. The van der Waals surface area contributed by atoms with Gasteiger partial charge in [0.1, 0.15) is 6.10 Å². The highest BCUT2D eigenvalue weighted by Gasteiger charge is 2.44. The van der Waals surface area contributed by atoms with E-state index in [0.29, 0.717) is 25.4 Å². The molecule has 118 valence electrons. The molecule has 0 aromatic heterocycles. The van der Waals surface area contributed by atoms with Gasteiger partial charge in [-0.2, -0.15) is 0 Å². The summed E-state index contributed by atoms with van der Waals surface area (Å²) in [4.78, 5) is 0. The summed E-state index contributed by atoms with van der Waals surface area (Å²) < 4.78 is 33.8. The Morgan fingerprint density at radius 1 is 1.38 bits per heavy atom. The summed E-state index contributed by atoms with van der Waals surface area (Å²) in [6.45, 7) is 5.92. The number of aryl methyl sites for hydroxylation is 1. The second-order valence-corrected chi connectivity index (χ2v) is 6.20. The number of rotatable bonds is 4. The van der Waals surface area contributed by atoms with Crippen LogP contribution in [0, 0.1) is 24.5 Å². The molecule has 0 radical (unpaired) electrons. The molecule has 3 unspecified atom stereocenters. The molecule has 2 nitrogen and oxygen atoms in total. The second kappa shape index (κ2) is 6.41. The van der Waals surface area contributed by atoms with Gasteiger partial charge in [-0.25, -0.2) is 8.78 Å². The molecule has 1 aliphatic rings. The molecule has 0 aliphatic heterocycles. The Morgan fingerprint density at radius 3 is 2.71 bits per heavy atom. The molecule has 1 N–H and O–H groups in total. The van der Waals surface area contributed by atoms with Crippen LogP contribution < -0.4 is 0 Å². The molecule has 2 rings (SSSR count). The van der Waals surface area contributed by atoms with E-state index in [0.717, 1.165) is 12.8 Å². The van der Waals surface area contributed by atoms with Gasteiger partial charge < -0.3 is 9.84 Å². The van der Waals surface area contributed by atoms with Crippen molar-refractivity contribution in [2.75, 3.05) is 6.61 Å². The molecule has 1 aliphatic carbocycles. The number of benzene rings is 1. The molecule has 3 atom stereocenters. The predicted octanol–water partition coefficient (Wildman–Crippen LogP) is 4.29. The van der Waals surface area contributed by atoms with Crippen LogP contribution in [0.3, 0.4) is 0 Å². The van der Waals surface area contributed by atoms with Crippen molar-refractivity contribution in [1.82, 2.24) is 0 Å². The predicted molar refractivity (Wildman–Crippen MR) is 78.0 cm³/mol. The number of aliphatic hydroxyl groups is 1. The largest absolute Gasteiger partial charge is 0.385 e. The number of halogens is 2. The fraction of sp³-hybridized carbons (Fsp3) is 0.647. The number of hydrogen-bond donors (Lipinski definition) is 1. The van der Waals surface area contributed by atoms with Gasteiger partial charge >= 0.3 is 0 Å². The lowest BCUT2D eigenvalue weighted by atomic mass is 9.73. The topological polar surface area (TPSA) is 29.5 Å². The second-order valence-electron chi connectivity index (χ2n) is 6.20. The van der Waals surface area contributed by atoms with Gasteiger partial charge in [0.25, 0.3) is 0 Å². The molecule has 1 fully saturated rings. The van der Waals surface area contributed by atoms with Gasteiger partial charge in [0, 0.05) is 12.2 Å². The normalized spacial score (nSPS) is 27.6. The summed E-state index contributed by atoms with van der Waals surface area (Å²) in [5.41, 5.74) is -0.568. The van der Waals surface area contributed by atoms with E-state index >= 15 is 0 Å². The highest BCUT2D eigenvalue weighted by atomic mass is 19.2. The third-order valence-corrected chi connectivity index (χ3v) is 4.52. The standard InChI is InChI=1S/C17H24F2O2/c1-4-21-17(9-5-6-11(2)10-17)16(20)13-8-7-12(3)14(18)15(13)19/h7-8,11,16,20H,4-6,9-10H2,1-3H3. The van der Waals surface area contributed by atoms with Crippen molar-refractivity contribution in [1.29, 1.82) is 0 Å². The smallest absolute Gasteiger partial charge is 0.164 e. The van der Waals surface area contributed by atoms with Crippen LogP contribution in [0.5, 0.6) is 0 Å². The minimum atomic E-state index is -1.14. The lowest BCUT2D eigenvalue weighted by Gasteiger charge is -2.43. The van der Waals surface area contributed by atoms with E-state index in [-0.39, 0.29) is 11.1 Å². The van der Waals surface area contributed by atoms with Crippen LogP contribution in [0.4, 0.5) is 8.78 Å². The van der Waals surface area contributed by atoms with E-state index in [2.05, 4.69) is 6.92 Å². The van der Waals surface area contributed by atoms with E-state index < -0.39 is 23.3 Å². The maximum Gasteiger partial charge on any atom is 0.164 e. The van der Waals surface area contributed by atoms with E-state index in [1.54, 1.807) is 0 Å². The van der Waals surface area contributed by atoms with Crippen molar-refractivity contribution in [3.8, 4) is 0 Å². The summed E-state index contributed by atoms with van der Waals surface area (Å²) in [7, 11) is 0. The summed E-state index contributed by atoms with van der Waals surface area (Å²) in [5.74, 6) is -1.44. The van der Waals surface area contributed by atoms with E-state index in [1.807, 2.05) is 6.92 Å². The van der Waals surface area contributed by atoms with Crippen LogP contribution in [0.15, 0.2) is 12.1 Å². The summed E-state index contributed by atoms with van der Waals surface area (Å²) in [6, 6.07) is 2.97. The number of hydrogen-bond acceptors (Lipinski definition) is 2. The zero-order valence-corrected chi connectivity index (χ0v) is 13.0. The first kappa shape index (κ1) is 16.4. The average Bonchev–Trinajstić information content (AvgIpc) is 2.45. The Hall–Kier alpha value is -1.00. The van der Waals surface area contributed by atoms with Crippen molar-refractivity contribution in [2.24, 2.45) is 5.92 Å². The van der Waals surface area contributed by atoms with Crippen molar-refractivity contribution in [2.45, 2.75) is 58.2 Å². The average molecular weight is 298 g/mol. The molecule has 0 saturated heterocycles. The van der Waals surface area contributed by atoms with E-state index in [1.165, 1.54) is 19.1 Å². The highest BCUT2D eigenvalue weighted by molar-refractivity contribution is 5.29. The number of ether oxygens (including phenoxy) is 1. The van der Waals surface area contributed by atoms with E-state index in [9.17, 15) is 13.9 Å². The van der Waals surface area contributed by atoms with Gasteiger partial charge in [0.05, 0.1) is 5.60 Å². The van der Waals surface area contributed by atoms with Crippen molar-refractivity contribution in [3.63, 3.8) is 0 Å². The molecule has 0 spiro atoms. The summed E-state index contributed by atoms with van der Waals surface area (Å²) >= 11 is 0. The van der Waals surface area contributed by atoms with Crippen LogP contribution >= 0.6 is 0 Å². The molecular weight excluding hydrogens is 274 g/mol. The molecule has 1 saturated carbocycles. The Morgan fingerprint density at radius 2 is 2.10 bits per heavy atom. The van der Waals surface area contributed by atoms with Gasteiger partial charge in [-0.05, 0) is 38.2 Å². The maximum atomic E-state index is 14.2. The van der Waals surface area contributed by atoms with Crippen LogP contribution in [-0.2, 0) is 4.74 Å². The Bertz CT molecular complexity index is 500. The molecule has 0 amide bonds. The minimum absolute atomic E-state index is 0.000602. The van der Waals surface area contributed by atoms with Gasteiger partial charge in [0.15, 0.2) is 11.6 Å². The number of aliphatic hydroxyl groups excluding tert-OH is 1. The fourth-order valence-electron chi connectivity index (χ4n) is 3.45.